The molecule has 0 aliphatic rings. The molecule has 3 N–H and O–H groups in total. The maximum absolute atomic E-state index is 12.4. The number of carbonyl (C=O) groups excluding carboxylic acids is 2. The van der Waals surface area contributed by atoms with Crippen LogP contribution in [0.2, 0.25) is 0 Å². The molecule has 55 heavy (non-hydrogen) atoms. The second-order valence-corrected chi connectivity index (χ2v) is 16.8. The fourth-order valence-electron chi connectivity index (χ4n) is 6.46. The topological polar surface area (TPSA) is 149 Å². The first-order valence-corrected chi connectivity index (χ1v) is 24.1. The van der Waals surface area contributed by atoms with E-state index in [2.05, 4.69) is 26.0 Å². The first kappa shape index (κ1) is 53.7. The molecule has 0 rings (SSSR count). The molecule has 11 heteroatoms. The number of unbranched alkanes of at least 4 members (excludes halogenated alkanes) is 27. The molecule has 0 saturated carbocycles. The molecule has 0 radical (unpaired) electrons. The van der Waals surface area contributed by atoms with Crippen LogP contribution in [0.1, 0.15) is 219 Å². The van der Waals surface area contributed by atoms with E-state index in [4.69, 9.17) is 18.5 Å². The lowest BCUT2D eigenvalue weighted by Gasteiger charge is -2.20. The Balaban J connectivity index is 3.89. The molecule has 0 spiro atoms. The van der Waals surface area contributed by atoms with Crippen molar-refractivity contribution in [3.8, 4) is 0 Å². The third-order valence-corrected chi connectivity index (χ3v) is 10.9. The molecular formula is C44H85O10P. The van der Waals surface area contributed by atoms with Gasteiger partial charge in [-0.3, -0.25) is 18.6 Å². The summed E-state index contributed by atoms with van der Waals surface area (Å²) in [5, 5.41) is 19.2. The van der Waals surface area contributed by atoms with E-state index in [1.807, 2.05) is 0 Å². The van der Waals surface area contributed by atoms with Gasteiger partial charge in [-0.2, -0.15) is 0 Å². The lowest BCUT2D eigenvalue weighted by atomic mass is 10.0. The highest BCUT2D eigenvalue weighted by Gasteiger charge is 2.27. The zero-order valence-electron chi connectivity index (χ0n) is 35.4. The fourth-order valence-corrected chi connectivity index (χ4v) is 7.25. The predicted molar refractivity (Wildman–Crippen MR) is 224 cm³/mol. The summed E-state index contributed by atoms with van der Waals surface area (Å²) in [6, 6.07) is 0. The number of rotatable bonds is 43. The maximum atomic E-state index is 12.4. The van der Waals surface area contributed by atoms with Crippen LogP contribution in [0, 0.1) is 0 Å². The normalized spacial score (nSPS) is 13.9. The van der Waals surface area contributed by atoms with Gasteiger partial charge in [0.05, 0.1) is 26.4 Å². The number of hydrogen-bond donors (Lipinski definition) is 3. The number of allylic oxidation sites excluding steroid dienone is 2. The molecule has 3 unspecified atom stereocenters. The molecule has 0 heterocycles. The van der Waals surface area contributed by atoms with Gasteiger partial charge in [0, 0.05) is 12.8 Å². The average Bonchev–Trinajstić information content (AvgIpc) is 3.17. The van der Waals surface area contributed by atoms with Gasteiger partial charge in [0.15, 0.2) is 0 Å². The second kappa shape index (κ2) is 40.9. The van der Waals surface area contributed by atoms with Crippen LogP contribution in [0.15, 0.2) is 12.2 Å². The number of aliphatic hydroxyl groups excluding tert-OH is 2. The van der Waals surface area contributed by atoms with Crippen LogP contribution >= 0.6 is 7.82 Å². The van der Waals surface area contributed by atoms with Crippen molar-refractivity contribution in [2.24, 2.45) is 0 Å². The molecule has 0 aromatic rings. The molecule has 3 atom stereocenters. The minimum absolute atomic E-state index is 0.186. The highest BCUT2D eigenvalue weighted by molar-refractivity contribution is 7.47. The van der Waals surface area contributed by atoms with Gasteiger partial charge in [0.1, 0.15) is 12.2 Å². The molecule has 10 nitrogen and oxygen atoms in total. The summed E-state index contributed by atoms with van der Waals surface area (Å²) in [6.07, 6.45) is 38.9. The Morgan fingerprint density at radius 1 is 0.473 bits per heavy atom. The van der Waals surface area contributed by atoms with E-state index in [0.717, 1.165) is 51.4 Å². The zero-order chi connectivity index (χ0) is 40.5. The summed E-state index contributed by atoms with van der Waals surface area (Å²) in [7, 11) is -4.63. The van der Waals surface area contributed by atoms with Crippen molar-refractivity contribution >= 4 is 19.8 Å². The molecule has 0 fully saturated rings. The number of esters is 2. The molecule has 0 aliphatic heterocycles. The zero-order valence-corrected chi connectivity index (χ0v) is 36.3. The standard InChI is InChI=1S/C44H85O10P/c1-3-5-7-9-11-13-15-17-19-21-23-25-27-29-31-33-35-43(47)53-41(37-45)39-51-55(49,50)52-40-42(38-46)54-44(48)36-34-32-30-28-26-24-22-20-18-16-14-12-10-8-6-4-2/h19,21,41-42,45-46H,3-18,20,22-40H2,1-2H3,(H,49,50)/b21-19-. The van der Waals surface area contributed by atoms with Gasteiger partial charge in [0.2, 0.25) is 0 Å². The lowest BCUT2D eigenvalue weighted by molar-refractivity contribution is -0.153. The number of phosphoric acid groups is 1. The summed E-state index contributed by atoms with van der Waals surface area (Å²) >= 11 is 0. The van der Waals surface area contributed by atoms with E-state index in [9.17, 15) is 29.3 Å². The van der Waals surface area contributed by atoms with Crippen molar-refractivity contribution in [2.45, 2.75) is 232 Å². The molecule has 0 bridgehead atoms. The first-order chi connectivity index (χ1) is 26.8. The van der Waals surface area contributed by atoms with E-state index >= 15 is 0 Å². The maximum Gasteiger partial charge on any atom is 0.472 e. The van der Waals surface area contributed by atoms with Crippen LogP contribution in [0.25, 0.3) is 0 Å². The highest BCUT2D eigenvalue weighted by Crippen LogP contribution is 2.43. The molecule has 0 aromatic carbocycles. The number of aliphatic hydroxyl groups is 2. The Hall–Kier alpha value is -1.29. The Bertz CT molecular complexity index is 930. The van der Waals surface area contributed by atoms with E-state index in [1.54, 1.807) is 0 Å². The van der Waals surface area contributed by atoms with E-state index in [1.165, 1.54) is 128 Å². The lowest BCUT2D eigenvalue weighted by Crippen LogP contribution is -2.28. The van der Waals surface area contributed by atoms with Crippen molar-refractivity contribution in [2.75, 3.05) is 26.4 Å². The molecule has 0 saturated heterocycles. The SMILES string of the molecule is CCCCCCCCC/C=C\CCCCCCCC(=O)OC(CO)COP(=O)(O)OCC(CO)OC(=O)CCCCCCCCCCCCCCCCCC. The summed E-state index contributed by atoms with van der Waals surface area (Å²) in [5.74, 6) is -1.02. The van der Waals surface area contributed by atoms with Crippen molar-refractivity contribution in [1.29, 1.82) is 0 Å². The van der Waals surface area contributed by atoms with Gasteiger partial charge in [0.25, 0.3) is 0 Å². The number of phosphoric ester groups is 1. The van der Waals surface area contributed by atoms with Crippen LogP contribution < -0.4 is 0 Å². The third kappa shape index (κ3) is 39.3. The third-order valence-electron chi connectivity index (χ3n) is 9.98. The highest BCUT2D eigenvalue weighted by atomic mass is 31.2. The van der Waals surface area contributed by atoms with Gasteiger partial charge in [-0.15, -0.1) is 0 Å². The Morgan fingerprint density at radius 3 is 1.04 bits per heavy atom. The summed E-state index contributed by atoms with van der Waals surface area (Å²) in [6.45, 7) is 2.23. The van der Waals surface area contributed by atoms with Crippen LogP contribution in [-0.2, 0) is 32.7 Å². The van der Waals surface area contributed by atoms with Crippen LogP contribution in [0.4, 0.5) is 0 Å². The molecule has 0 aliphatic carbocycles. The average molecular weight is 805 g/mol. The second-order valence-electron chi connectivity index (χ2n) is 15.4. The Morgan fingerprint density at radius 2 is 0.745 bits per heavy atom. The number of carbonyl (C=O) groups is 2. The minimum atomic E-state index is -4.63. The fraction of sp³-hybridized carbons (Fsp3) is 0.909. The summed E-state index contributed by atoms with van der Waals surface area (Å²) in [4.78, 5) is 34.5. The number of hydrogen-bond acceptors (Lipinski definition) is 9. The van der Waals surface area contributed by atoms with Crippen molar-refractivity contribution in [1.82, 2.24) is 0 Å². The number of ether oxygens (including phenoxy) is 2. The first-order valence-electron chi connectivity index (χ1n) is 22.6. The minimum Gasteiger partial charge on any atom is -0.457 e. The van der Waals surface area contributed by atoms with Gasteiger partial charge in [-0.1, -0.05) is 180 Å². The van der Waals surface area contributed by atoms with Gasteiger partial charge < -0.3 is 24.6 Å². The summed E-state index contributed by atoms with van der Waals surface area (Å²) < 4.78 is 32.6. The van der Waals surface area contributed by atoms with E-state index in [0.29, 0.717) is 12.8 Å². The van der Waals surface area contributed by atoms with Crippen LogP contribution in [0.5, 0.6) is 0 Å². The van der Waals surface area contributed by atoms with Gasteiger partial charge >= 0.3 is 19.8 Å². The van der Waals surface area contributed by atoms with Crippen molar-refractivity contribution in [3.63, 3.8) is 0 Å². The van der Waals surface area contributed by atoms with Crippen molar-refractivity contribution in [3.05, 3.63) is 12.2 Å². The monoisotopic (exact) mass is 805 g/mol. The molecular weight excluding hydrogens is 719 g/mol. The summed E-state index contributed by atoms with van der Waals surface area (Å²) in [5.41, 5.74) is 0. The molecule has 0 amide bonds. The quantitative estimate of drug-likeness (QED) is 0.0235. The van der Waals surface area contributed by atoms with Crippen LogP contribution in [-0.4, -0.2) is 65.7 Å². The molecule has 326 valence electrons. The Labute approximate surface area is 336 Å². The van der Waals surface area contributed by atoms with Gasteiger partial charge in [-0.05, 0) is 38.5 Å². The van der Waals surface area contributed by atoms with E-state index < -0.39 is 58.4 Å². The van der Waals surface area contributed by atoms with Crippen LogP contribution in [0.3, 0.4) is 0 Å². The Kier molecular flexibility index (Phi) is 39.9. The predicted octanol–water partition coefficient (Wildman–Crippen LogP) is 12.0. The molecule has 0 aromatic heterocycles. The largest absolute Gasteiger partial charge is 0.472 e. The van der Waals surface area contributed by atoms with Gasteiger partial charge in [-0.25, -0.2) is 4.57 Å². The van der Waals surface area contributed by atoms with Crippen molar-refractivity contribution < 1.29 is 47.8 Å². The van der Waals surface area contributed by atoms with E-state index in [-0.39, 0.29) is 12.8 Å². The smallest absolute Gasteiger partial charge is 0.457 e.